The first-order valence-corrected chi connectivity index (χ1v) is 11.5. The zero-order valence-corrected chi connectivity index (χ0v) is 18.5. The minimum atomic E-state index is -3.81. The summed E-state index contributed by atoms with van der Waals surface area (Å²) in [5, 5.41) is 2.67. The van der Waals surface area contributed by atoms with Gasteiger partial charge in [0, 0.05) is 31.4 Å². The van der Waals surface area contributed by atoms with E-state index in [4.69, 9.17) is 4.74 Å². The first-order chi connectivity index (χ1) is 14.8. The van der Waals surface area contributed by atoms with Gasteiger partial charge >= 0.3 is 0 Å². The van der Waals surface area contributed by atoms with Gasteiger partial charge in [0.05, 0.1) is 18.6 Å². The third-order valence-electron chi connectivity index (χ3n) is 5.19. The van der Waals surface area contributed by atoms with Gasteiger partial charge in [-0.1, -0.05) is 0 Å². The zero-order chi connectivity index (χ0) is 22.4. The molecule has 2 aromatic rings. The monoisotopic (exact) mass is 445 g/mol. The van der Waals surface area contributed by atoms with Crippen LogP contribution in [0.4, 0.5) is 5.69 Å². The van der Waals surface area contributed by atoms with Gasteiger partial charge in [-0.3, -0.25) is 9.59 Å². The van der Waals surface area contributed by atoms with Crippen LogP contribution in [0.1, 0.15) is 29.6 Å². The van der Waals surface area contributed by atoms with Crippen LogP contribution in [-0.4, -0.2) is 63.2 Å². The smallest absolute Gasteiger partial charge is 0.253 e. The van der Waals surface area contributed by atoms with Crippen LogP contribution >= 0.6 is 0 Å². The normalized spacial score (nSPS) is 14.4. The Morgan fingerprint density at radius 1 is 1.00 bits per heavy atom. The van der Waals surface area contributed by atoms with Gasteiger partial charge in [0.25, 0.3) is 5.91 Å². The molecule has 1 heterocycles. The Kier molecular flexibility index (Phi) is 7.29. The fourth-order valence-corrected chi connectivity index (χ4v) is 4.52. The predicted octanol–water partition coefficient (Wildman–Crippen LogP) is 2.58. The summed E-state index contributed by atoms with van der Waals surface area (Å²) < 4.78 is 31.3. The largest absolute Gasteiger partial charge is 0.497 e. The highest BCUT2D eigenvalue weighted by atomic mass is 32.2. The maximum Gasteiger partial charge on any atom is 0.253 e. The number of hydrogen-bond acceptors (Lipinski definition) is 5. The Morgan fingerprint density at radius 2 is 1.61 bits per heavy atom. The van der Waals surface area contributed by atoms with Crippen molar-refractivity contribution in [1.82, 2.24) is 9.21 Å². The average Bonchev–Trinajstić information content (AvgIpc) is 2.79. The topological polar surface area (TPSA) is 96.0 Å². The highest BCUT2D eigenvalue weighted by molar-refractivity contribution is 7.89. The van der Waals surface area contributed by atoms with E-state index in [0.717, 1.165) is 36.7 Å². The van der Waals surface area contributed by atoms with E-state index in [1.807, 2.05) is 4.90 Å². The van der Waals surface area contributed by atoms with E-state index in [0.29, 0.717) is 17.0 Å². The molecule has 9 heteroatoms. The number of ether oxygens (including phenoxy) is 1. The van der Waals surface area contributed by atoms with Gasteiger partial charge in [-0.15, -0.1) is 0 Å². The minimum Gasteiger partial charge on any atom is -0.497 e. The summed E-state index contributed by atoms with van der Waals surface area (Å²) in [5.41, 5.74) is 1.06. The first kappa shape index (κ1) is 22.8. The second-order valence-electron chi connectivity index (χ2n) is 7.41. The molecule has 0 atom stereocenters. The van der Waals surface area contributed by atoms with Crippen LogP contribution in [0.25, 0.3) is 0 Å². The van der Waals surface area contributed by atoms with Gasteiger partial charge in [0.15, 0.2) is 0 Å². The summed E-state index contributed by atoms with van der Waals surface area (Å²) in [6, 6.07) is 12.6. The number of carbonyl (C=O) groups excluding carboxylic acids is 2. The Balaban J connectivity index is 1.58. The number of amides is 2. The lowest BCUT2D eigenvalue weighted by molar-refractivity contribution is -0.116. The lowest BCUT2D eigenvalue weighted by Crippen LogP contribution is -2.35. The van der Waals surface area contributed by atoms with Gasteiger partial charge in [-0.25, -0.2) is 8.42 Å². The summed E-state index contributed by atoms with van der Waals surface area (Å²) >= 11 is 0. The number of sulfonamides is 1. The van der Waals surface area contributed by atoms with Crippen LogP contribution in [-0.2, 0) is 14.8 Å². The van der Waals surface area contributed by atoms with Crippen molar-refractivity contribution < 1.29 is 22.7 Å². The maximum absolute atomic E-state index is 12.7. The van der Waals surface area contributed by atoms with Crippen molar-refractivity contribution in [1.29, 1.82) is 0 Å². The van der Waals surface area contributed by atoms with Crippen molar-refractivity contribution in [3.8, 4) is 5.75 Å². The molecule has 2 aromatic carbocycles. The van der Waals surface area contributed by atoms with Gasteiger partial charge in [0.2, 0.25) is 15.9 Å². The predicted molar refractivity (Wildman–Crippen MR) is 118 cm³/mol. The number of carbonyl (C=O) groups is 2. The number of methoxy groups -OCH3 is 1. The summed E-state index contributed by atoms with van der Waals surface area (Å²) in [7, 11) is -0.972. The molecule has 0 saturated carbocycles. The zero-order valence-electron chi connectivity index (χ0n) is 17.7. The van der Waals surface area contributed by atoms with Gasteiger partial charge in [-0.2, -0.15) is 4.31 Å². The molecule has 1 N–H and O–H groups in total. The number of likely N-dealkylation sites (tertiary alicyclic amines) is 1. The number of hydrogen-bond donors (Lipinski definition) is 1. The number of rotatable bonds is 7. The number of likely N-dealkylation sites (N-methyl/N-ethyl adjacent to an activating group) is 1. The molecule has 166 valence electrons. The Hall–Kier alpha value is -2.91. The molecular weight excluding hydrogens is 418 g/mol. The highest BCUT2D eigenvalue weighted by Gasteiger charge is 2.23. The van der Waals surface area contributed by atoms with Crippen molar-refractivity contribution in [3.05, 3.63) is 54.1 Å². The molecule has 1 aliphatic rings. The Morgan fingerprint density at radius 3 is 2.19 bits per heavy atom. The van der Waals surface area contributed by atoms with E-state index in [-0.39, 0.29) is 17.3 Å². The van der Waals surface area contributed by atoms with Crippen molar-refractivity contribution in [2.75, 3.05) is 39.1 Å². The van der Waals surface area contributed by atoms with Gasteiger partial charge in [0.1, 0.15) is 5.75 Å². The van der Waals surface area contributed by atoms with Crippen LogP contribution in [0.15, 0.2) is 53.4 Å². The number of anilines is 1. The molecule has 0 unspecified atom stereocenters. The molecule has 0 aromatic heterocycles. The van der Waals surface area contributed by atoms with E-state index in [1.165, 1.54) is 26.3 Å². The molecule has 31 heavy (non-hydrogen) atoms. The lowest BCUT2D eigenvalue weighted by atomic mass is 10.1. The summed E-state index contributed by atoms with van der Waals surface area (Å²) in [5.74, 6) is 0.0548. The standard InChI is InChI=1S/C22H27N3O5S/c1-24(31(28,29)20-12-10-19(30-2)11-13-20)16-21(26)23-18-8-6-17(7-9-18)22(27)25-14-4-3-5-15-25/h6-13H,3-5,14-16H2,1-2H3,(H,23,26). The Bertz CT molecular complexity index is 1010. The van der Waals surface area contributed by atoms with Crippen LogP contribution < -0.4 is 10.1 Å². The molecule has 1 aliphatic heterocycles. The van der Waals surface area contributed by atoms with Crippen LogP contribution in [0, 0.1) is 0 Å². The van der Waals surface area contributed by atoms with Crippen molar-refractivity contribution in [2.45, 2.75) is 24.2 Å². The fourth-order valence-electron chi connectivity index (χ4n) is 3.39. The van der Waals surface area contributed by atoms with Gasteiger partial charge < -0.3 is 15.0 Å². The van der Waals surface area contributed by atoms with Crippen LogP contribution in [0.5, 0.6) is 5.75 Å². The summed E-state index contributed by atoms with van der Waals surface area (Å²) in [4.78, 5) is 26.8. The van der Waals surface area contributed by atoms with E-state index in [2.05, 4.69) is 5.32 Å². The molecule has 0 bridgehead atoms. The van der Waals surface area contributed by atoms with Crippen LogP contribution in [0.2, 0.25) is 0 Å². The molecule has 0 aliphatic carbocycles. The minimum absolute atomic E-state index is 0.0112. The summed E-state index contributed by atoms with van der Waals surface area (Å²) in [6.07, 6.45) is 3.19. The number of piperidine rings is 1. The van der Waals surface area contributed by atoms with Crippen LogP contribution in [0.3, 0.4) is 0 Å². The van der Waals surface area contributed by atoms with E-state index < -0.39 is 15.9 Å². The maximum atomic E-state index is 12.7. The molecule has 1 saturated heterocycles. The molecule has 2 amide bonds. The van der Waals surface area contributed by atoms with E-state index in [1.54, 1.807) is 36.4 Å². The molecular formula is C22H27N3O5S. The molecule has 1 fully saturated rings. The fraction of sp³-hybridized carbons (Fsp3) is 0.364. The Labute approximate surface area is 182 Å². The second-order valence-corrected chi connectivity index (χ2v) is 9.46. The average molecular weight is 446 g/mol. The third-order valence-corrected chi connectivity index (χ3v) is 7.01. The number of benzene rings is 2. The number of nitrogens with one attached hydrogen (secondary N) is 1. The third kappa shape index (κ3) is 5.62. The lowest BCUT2D eigenvalue weighted by Gasteiger charge is -2.26. The molecule has 3 rings (SSSR count). The first-order valence-electron chi connectivity index (χ1n) is 10.1. The van der Waals surface area contributed by atoms with E-state index in [9.17, 15) is 18.0 Å². The quantitative estimate of drug-likeness (QED) is 0.707. The molecule has 8 nitrogen and oxygen atoms in total. The molecule has 0 spiro atoms. The van der Waals surface area contributed by atoms with Crippen molar-refractivity contribution in [2.24, 2.45) is 0 Å². The summed E-state index contributed by atoms with van der Waals surface area (Å²) in [6.45, 7) is 1.20. The van der Waals surface area contributed by atoms with Crippen molar-refractivity contribution >= 4 is 27.5 Å². The SMILES string of the molecule is COc1ccc(S(=O)(=O)N(C)CC(=O)Nc2ccc(C(=O)N3CCCCC3)cc2)cc1. The highest BCUT2D eigenvalue weighted by Crippen LogP contribution is 2.19. The molecule has 0 radical (unpaired) electrons. The second kappa shape index (κ2) is 9.93. The van der Waals surface area contributed by atoms with Gasteiger partial charge in [-0.05, 0) is 67.8 Å². The van der Waals surface area contributed by atoms with Crippen molar-refractivity contribution in [3.63, 3.8) is 0 Å². The number of nitrogens with zero attached hydrogens (tertiary/aromatic N) is 2. The van der Waals surface area contributed by atoms with E-state index >= 15 is 0 Å².